The van der Waals surface area contributed by atoms with E-state index in [1.165, 1.54) is 10.6 Å². The first-order valence-corrected chi connectivity index (χ1v) is 14.4. The summed E-state index contributed by atoms with van der Waals surface area (Å²) in [6.07, 6.45) is 1.19. The summed E-state index contributed by atoms with van der Waals surface area (Å²) in [6, 6.07) is 21.6. The zero-order valence-electron chi connectivity index (χ0n) is 20.6. The molecule has 1 aliphatic rings. The van der Waals surface area contributed by atoms with Crippen LogP contribution in [0.5, 0.6) is 0 Å². The summed E-state index contributed by atoms with van der Waals surface area (Å²) < 4.78 is 32.2. The molecule has 0 saturated carbocycles. The average molecular weight is 563 g/mol. The summed E-state index contributed by atoms with van der Waals surface area (Å²) in [6.45, 7) is 1.77. The maximum Gasteiger partial charge on any atom is 0.251 e. The van der Waals surface area contributed by atoms with Crippen LogP contribution in [-0.2, 0) is 14.8 Å². The lowest BCUT2D eigenvalue weighted by Crippen LogP contribution is -2.61. The smallest absolute Gasteiger partial charge is 0.251 e. The Morgan fingerprint density at radius 1 is 1.03 bits per heavy atom. The van der Waals surface area contributed by atoms with E-state index in [2.05, 4.69) is 10.2 Å². The van der Waals surface area contributed by atoms with E-state index in [0.717, 1.165) is 11.1 Å². The topological polar surface area (TPSA) is 79.0 Å². The molecule has 0 atom stereocenters. The first kappa shape index (κ1) is 27.4. The van der Waals surface area contributed by atoms with E-state index < -0.39 is 10.0 Å². The number of benzene rings is 3. The van der Waals surface area contributed by atoms with Crippen molar-refractivity contribution < 1.29 is 17.9 Å². The Bertz CT molecular complexity index is 1280. The zero-order valence-corrected chi connectivity index (χ0v) is 22.9. The Labute approximate surface area is 228 Å². The molecule has 1 amide bonds. The van der Waals surface area contributed by atoms with Gasteiger partial charge in [0, 0.05) is 42.4 Å². The molecule has 4 rings (SSSR count). The highest BCUT2D eigenvalue weighted by Crippen LogP contribution is 2.36. The summed E-state index contributed by atoms with van der Waals surface area (Å²) in [7, 11) is -2.05. The van der Waals surface area contributed by atoms with Crippen LogP contribution in [0.3, 0.4) is 0 Å². The fourth-order valence-corrected chi connectivity index (χ4v) is 6.00. The molecule has 0 spiro atoms. The number of nitrogens with one attached hydrogen (secondary N) is 1. The second-order valence-corrected chi connectivity index (χ2v) is 11.7. The number of hydrogen-bond acceptors (Lipinski definition) is 5. The molecule has 0 aromatic heterocycles. The lowest BCUT2D eigenvalue weighted by molar-refractivity contribution is 0.0937. The third kappa shape index (κ3) is 6.64. The molecule has 7 nitrogen and oxygen atoms in total. The van der Waals surface area contributed by atoms with Crippen LogP contribution in [0.4, 0.5) is 5.69 Å². The Morgan fingerprint density at radius 2 is 1.59 bits per heavy atom. The molecule has 0 unspecified atom stereocenters. The van der Waals surface area contributed by atoms with Crippen molar-refractivity contribution in [2.24, 2.45) is 0 Å². The minimum atomic E-state index is -3.61. The molecule has 1 saturated heterocycles. The van der Waals surface area contributed by atoms with Gasteiger partial charge < -0.3 is 10.1 Å². The quantitative estimate of drug-likeness (QED) is 0.366. The van der Waals surface area contributed by atoms with E-state index in [-0.39, 0.29) is 18.0 Å². The minimum absolute atomic E-state index is 0.0925. The van der Waals surface area contributed by atoms with Crippen LogP contribution in [-0.4, -0.2) is 64.9 Å². The van der Waals surface area contributed by atoms with Gasteiger partial charge in [0.1, 0.15) is 0 Å². The van der Waals surface area contributed by atoms with Crippen molar-refractivity contribution >= 4 is 44.8 Å². The summed E-state index contributed by atoms with van der Waals surface area (Å²) in [5, 5.41) is 4.06. The monoisotopic (exact) mass is 561 g/mol. The molecule has 1 aliphatic heterocycles. The number of sulfonamides is 1. The van der Waals surface area contributed by atoms with Gasteiger partial charge in [-0.1, -0.05) is 53.5 Å². The molecule has 1 N–H and O–H groups in total. The van der Waals surface area contributed by atoms with Gasteiger partial charge in [-0.25, -0.2) is 8.42 Å². The number of likely N-dealkylation sites (tertiary alicyclic amines) is 1. The molecule has 0 bridgehead atoms. The average Bonchev–Trinajstić information content (AvgIpc) is 2.84. The Kier molecular flexibility index (Phi) is 8.77. The Hall–Kier alpha value is -2.62. The molecule has 0 radical (unpaired) electrons. The number of ether oxygens (including phenoxy) is 1. The van der Waals surface area contributed by atoms with Crippen LogP contribution < -0.4 is 9.62 Å². The van der Waals surface area contributed by atoms with Crippen molar-refractivity contribution in [1.82, 2.24) is 10.2 Å². The van der Waals surface area contributed by atoms with Crippen molar-refractivity contribution in [2.75, 3.05) is 43.9 Å². The molecule has 10 heteroatoms. The van der Waals surface area contributed by atoms with Gasteiger partial charge in [0.25, 0.3) is 5.91 Å². The van der Waals surface area contributed by atoms with Crippen LogP contribution in [0, 0.1) is 0 Å². The van der Waals surface area contributed by atoms with Crippen LogP contribution in [0.2, 0.25) is 10.0 Å². The first-order chi connectivity index (χ1) is 17.7. The molecule has 3 aromatic carbocycles. The Morgan fingerprint density at radius 3 is 2.11 bits per heavy atom. The maximum absolute atomic E-state index is 12.9. The fourth-order valence-electron chi connectivity index (χ4n) is 4.58. The van der Waals surface area contributed by atoms with Gasteiger partial charge in [-0.15, -0.1) is 0 Å². The lowest BCUT2D eigenvalue weighted by Gasteiger charge is -2.48. The van der Waals surface area contributed by atoms with Crippen LogP contribution >= 0.6 is 23.2 Å². The van der Waals surface area contributed by atoms with E-state index >= 15 is 0 Å². The number of nitrogens with zero attached hydrogens (tertiary/aromatic N) is 2. The predicted molar refractivity (Wildman–Crippen MR) is 148 cm³/mol. The summed E-state index contributed by atoms with van der Waals surface area (Å²) in [5.41, 5.74) is 2.94. The molecular formula is C27H29Cl2N3O4S. The van der Waals surface area contributed by atoms with Crippen LogP contribution in [0.15, 0.2) is 72.8 Å². The zero-order chi connectivity index (χ0) is 26.6. The summed E-state index contributed by atoms with van der Waals surface area (Å²) in [5.74, 6) is -0.284. The number of amides is 1. The SMILES string of the molecule is COCCNC(=O)c1cccc(N(C2CN(C(c3ccc(Cl)cc3)c3ccc(Cl)cc3)C2)S(C)(=O)=O)c1. The van der Waals surface area contributed by atoms with Gasteiger partial charge in [-0.2, -0.15) is 0 Å². The molecule has 1 fully saturated rings. The molecule has 196 valence electrons. The van der Waals surface area contributed by atoms with Gasteiger partial charge in [0.2, 0.25) is 10.0 Å². The van der Waals surface area contributed by atoms with Gasteiger partial charge in [-0.05, 0) is 53.6 Å². The van der Waals surface area contributed by atoms with Gasteiger partial charge >= 0.3 is 0 Å². The van der Waals surface area contributed by atoms with Crippen molar-refractivity contribution in [3.05, 3.63) is 99.5 Å². The first-order valence-electron chi connectivity index (χ1n) is 11.8. The van der Waals surface area contributed by atoms with Crippen molar-refractivity contribution in [3.8, 4) is 0 Å². The normalized spacial score (nSPS) is 14.4. The highest BCUT2D eigenvalue weighted by atomic mass is 35.5. The number of carbonyl (C=O) groups is 1. The highest BCUT2D eigenvalue weighted by molar-refractivity contribution is 7.92. The third-order valence-electron chi connectivity index (χ3n) is 6.27. The van der Waals surface area contributed by atoms with E-state index in [4.69, 9.17) is 27.9 Å². The molecule has 3 aromatic rings. The fraction of sp³-hybridized carbons (Fsp3) is 0.296. The lowest BCUT2D eigenvalue weighted by atomic mass is 9.93. The molecule has 37 heavy (non-hydrogen) atoms. The molecule has 0 aliphatic carbocycles. The maximum atomic E-state index is 12.9. The van der Waals surface area contributed by atoms with E-state index in [1.54, 1.807) is 31.4 Å². The van der Waals surface area contributed by atoms with E-state index in [9.17, 15) is 13.2 Å². The number of anilines is 1. The molecular weight excluding hydrogens is 533 g/mol. The number of rotatable bonds is 10. The summed E-state index contributed by atoms with van der Waals surface area (Å²) >= 11 is 12.2. The molecule has 1 heterocycles. The second kappa shape index (κ2) is 11.8. The van der Waals surface area contributed by atoms with Gasteiger partial charge in [0.15, 0.2) is 0 Å². The third-order valence-corrected chi connectivity index (χ3v) is 8.00. The number of carbonyl (C=O) groups excluding carboxylic acids is 1. The van der Waals surface area contributed by atoms with Crippen LogP contribution in [0.25, 0.3) is 0 Å². The van der Waals surface area contributed by atoms with Crippen molar-refractivity contribution in [2.45, 2.75) is 12.1 Å². The number of methoxy groups -OCH3 is 1. The summed E-state index contributed by atoms with van der Waals surface area (Å²) in [4.78, 5) is 14.8. The van der Waals surface area contributed by atoms with Crippen molar-refractivity contribution in [3.63, 3.8) is 0 Å². The van der Waals surface area contributed by atoms with Gasteiger partial charge in [0.05, 0.1) is 30.6 Å². The van der Waals surface area contributed by atoms with Gasteiger partial charge in [-0.3, -0.25) is 14.0 Å². The largest absolute Gasteiger partial charge is 0.383 e. The number of hydrogen-bond donors (Lipinski definition) is 1. The van der Waals surface area contributed by atoms with E-state index in [1.807, 2.05) is 48.5 Å². The number of halogens is 2. The van der Waals surface area contributed by atoms with Crippen molar-refractivity contribution in [1.29, 1.82) is 0 Å². The highest BCUT2D eigenvalue weighted by Gasteiger charge is 2.40. The standard InChI is InChI=1S/C27H29Cl2N3O4S/c1-36-15-14-30-27(33)21-4-3-5-24(16-21)32(37(2,34)35)25-17-31(18-25)26(19-6-10-22(28)11-7-19)20-8-12-23(29)13-9-20/h3-13,16,25-26H,14-15,17-18H2,1-2H3,(H,30,33). The van der Waals surface area contributed by atoms with E-state index in [0.29, 0.717) is 47.5 Å². The predicted octanol–water partition coefficient (Wildman–Crippen LogP) is 4.61. The Balaban J connectivity index is 1.58. The minimum Gasteiger partial charge on any atom is -0.383 e. The van der Waals surface area contributed by atoms with Crippen LogP contribution in [0.1, 0.15) is 27.5 Å². The second-order valence-electron chi connectivity index (χ2n) is 8.97.